The number of aliphatic carboxylic acids is 1. The Balaban J connectivity index is 1.55. The van der Waals surface area contributed by atoms with E-state index in [1.54, 1.807) is 12.1 Å². The number of hydrogen-bond acceptors (Lipinski definition) is 3. The molecule has 33 heavy (non-hydrogen) atoms. The third-order valence-corrected chi connectivity index (χ3v) is 7.56. The molecule has 2 aliphatic rings. The molecule has 1 saturated carbocycles. The second-order valence-corrected chi connectivity index (χ2v) is 10.0. The van der Waals surface area contributed by atoms with Crippen LogP contribution in [0.4, 0.5) is 8.78 Å². The normalized spacial score (nSPS) is 25.3. The van der Waals surface area contributed by atoms with E-state index in [0.29, 0.717) is 17.1 Å². The summed E-state index contributed by atoms with van der Waals surface area (Å²) >= 11 is 0. The summed E-state index contributed by atoms with van der Waals surface area (Å²) < 4.78 is 34.4. The number of likely N-dealkylation sites (tertiary alicyclic amines) is 1. The first-order chi connectivity index (χ1) is 15.8. The molecule has 0 radical (unpaired) electrons. The van der Waals surface area contributed by atoms with E-state index in [2.05, 4.69) is 18.7 Å². The van der Waals surface area contributed by atoms with Crippen molar-refractivity contribution in [1.82, 2.24) is 4.90 Å². The van der Waals surface area contributed by atoms with Crippen LogP contribution in [-0.2, 0) is 4.79 Å². The average molecular weight is 460 g/mol. The van der Waals surface area contributed by atoms with E-state index < -0.39 is 12.4 Å². The summed E-state index contributed by atoms with van der Waals surface area (Å²) in [6, 6.07) is 9.43. The van der Waals surface area contributed by atoms with Crippen LogP contribution < -0.4 is 4.74 Å². The summed E-state index contributed by atoms with van der Waals surface area (Å²) in [5.41, 5.74) is 1.05. The molecule has 0 amide bonds. The van der Waals surface area contributed by atoms with E-state index in [-0.39, 0.29) is 30.0 Å². The van der Waals surface area contributed by atoms with Gasteiger partial charge in [0.15, 0.2) is 0 Å². The fourth-order valence-electron chi connectivity index (χ4n) is 5.54. The van der Waals surface area contributed by atoms with E-state index in [1.165, 1.54) is 0 Å². The highest BCUT2D eigenvalue weighted by molar-refractivity contribution is 5.88. The van der Waals surface area contributed by atoms with E-state index in [9.17, 15) is 13.6 Å². The first-order valence-corrected chi connectivity index (χ1v) is 12.3. The molecule has 1 aliphatic carbocycles. The van der Waals surface area contributed by atoms with E-state index in [0.717, 1.165) is 62.6 Å². The molecule has 6 heteroatoms. The lowest BCUT2D eigenvalue weighted by atomic mass is 9.89. The van der Waals surface area contributed by atoms with Crippen molar-refractivity contribution in [2.45, 2.75) is 77.4 Å². The van der Waals surface area contributed by atoms with E-state index in [4.69, 9.17) is 9.84 Å². The average Bonchev–Trinajstić information content (AvgIpc) is 2.79. The van der Waals surface area contributed by atoms with Crippen molar-refractivity contribution in [1.29, 1.82) is 0 Å². The Bertz CT molecular complexity index is 971. The zero-order valence-corrected chi connectivity index (χ0v) is 19.6. The fourth-order valence-corrected chi connectivity index (χ4v) is 5.54. The third-order valence-electron chi connectivity index (χ3n) is 7.56. The van der Waals surface area contributed by atoms with Crippen molar-refractivity contribution in [3.8, 4) is 5.75 Å². The molecular weight excluding hydrogens is 424 g/mol. The number of alkyl halides is 2. The standard InChI is InChI=1S/C27H35F2NO3/c1-17-5-9-22(10-6-17)33-24-12-8-21-15-20(7-11-23(21)26(24)27(28)29)18(2)30-13-3-4-19(16-30)14-25(31)32/h7-8,11-12,15,17-19,22,27H,3-6,9-10,13-14,16H2,1-2H3,(H,31,32)/t17?,18-,19?,22?/m0/s1. The van der Waals surface area contributed by atoms with Crippen LogP contribution >= 0.6 is 0 Å². The molecule has 1 heterocycles. The molecular formula is C27H35F2NO3. The van der Waals surface area contributed by atoms with Crippen LogP contribution in [0.15, 0.2) is 30.3 Å². The van der Waals surface area contributed by atoms with Gasteiger partial charge in [-0.25, -0.2) is 8.78 Å². The number of halogens is 2. The SMILES string of the molecule is CC1CCC(Oc2ccc3cc([C@H](C)N4CCCC(CC(=O)O)C4)ccc3c2C(F)F)CC1. The predicted molar refractivity (Wildman–Crippen MR) is 126 cm³/mol. The minimum absolute atomic E-state index is 0.00768. The first-order valence-electron chi connectivity index (χ1n) is 12.3. The lowest BCUT2D eigenvalue weighted by Crippen LogP contribution is -2.37. The highest BCUT2D eigenvalue weighted by Gasteiger charge is 2.27. The third kappa shape index (κ3) is 5.65. The summed E-state index contributed by atoms with van der Waals surface area (Å²) in [7, 11) is 0. The van der Waals surface area contributed by atoms with Gasteiger partial charge in [-0.1, -0.05) is 25.1 Å². The molecule has 0 spiro atoms. The van der Waals surface area contributed by atoms with Gasteiger partial charge in [-0.05, 0) is 92.3 Å². The van der Waals surface area contributed by atoms with Crippen LogP contribution in [0.25, 0.3) is 10.8 Å². The maximum atomic E-state index is 14.1. The molecule has 2 aromatic carbocycles. The molecule has 1 aliphatic heterocycles. The first kappa shape index (κ1) is 23.9. The summed E-state index contributed by atoms with van der Waals surface area (Å²) in [5.74, 6) is 0.397. The quantitative estimate of drug-likeness (QED) is 0.485. The number of nitrogens with zero attached hydrogens (tertiary/aromatic N) is 1. The van der Waals surface area contributed by atoms with Gasteiger partial charge in [-0.2, -0.15) is 0 Å². The number of piperidine rings is 1. The zero-order valence-electron chi connectivity index (χ0n) is 19.6. The zero-order chi connectivity index (χ0) is 23.5. The number of ether oxygens (including phenoxy) is 1. The highest BCUT2D eigenvalue weighted by Crippen LogP contribution is 2.39. The summed E-state index contributed by atoms with van der Waals surface area (Å²) in [4.78, 5) is 13.4. The smallest absolute Gasteiger partial charge is 0.303 e. The number of benzene rings is 2. The van der Waals surface area contributed by atoms with Crippen molar-refractivity contribution < 1.29 is 23.4 Å². The van der Waals surface area contributed by atoms with Gasteiger partial charge in [0.1, 0.15) is 5.75 Å². The van der Waals surface area contributed by atoms with Gasteiger partial charge in [0.2, 0.25) is 0 Å². The molecule has 1 N–H and O–H groups in total. The molecule has 2 fully saturated rings. The van der Waals surface area contributed by atoms with Crippen LogP contribution in [0.1, 0.15) is 82.4 Å². The van der Waals surface area contributed by atoms with Gasteiger partial charge in [0, 0.05) is 19.0 Å². The van der Waals surface area contributed by atoms with Gasteiger partial charge in [-0.3, -0.25) is 9.69 Å². The minimum atomic E-state index is -2.60. The molecule has 1 saturated heterocycles. The van der Waals surface area contributed by atoms with Crippen LogP contribution in [0, 0.1) is 11.8 Å². The number of fused-ring (bicyclic) bond motifs is 1. The molecule has 0 bridgehead atoms. The molecule has 0 aromatic heterocycles. The topological polar surface area (TPSA) is 49.8 Å². The largest absolute Gasteiger partial charge is 0.490 e. The van der Waals surface area contributed by atoms with Crippen LogP contribution in [-0.4, -0.2) is 35.2 Å². The summed E-state index contributed by atoms with van der Waals surface area (Å²) in [6.07, 6.45) is 3.50. The predicted octanol–water partition coefficient (Wildman–Crippen LogP) is 6.98. The highest BCUT2D eigenvalue weighted by atomic mass is 19.3. The molecule has 4 nitrogen and oxygen atoms in total. The second-order valence-electron chi connectivity index (χ2n) is 10.0. The number of hydrogen-bond donors (Lipinski definition) is 1. The van der Waals surface area contributed by atoms with Gasteiger partial charge >= 0.3 is 5.97 Å². The lowest BCUT2D eigenvalue weighted by Gasteiger charge is -2.36. The number of carbonyl (C=O) groups is 1. The maximum Gasteiger partial charge on any atom is 0.303 e. The minimum Gasteiger partial charge on any atom is -0.490 e. The Morgan fingerprint density at radius 3 is 2.61 bits per heavy atom. The molecule has 2 atom stereocenters. The Hall–Kier alpha value is -2.21. The summed E-state index contributed by atoms with van der Waals surface area (Å²) in [5, 5.41) is 10.5. The number of carboxylic acids is 1. The van der Waals surface area contributed by atoms with Crippen LogP contribution in [0.5, 0.6) is 5.75 Å². The van der Waals surface area contributed by atoms with Crippen molar-refractivity contribution in [2.24, 2.45) is 11.8 Å². The van der Waals surface area contributed by atoms with Gasteiger partial charge in [0.05, 0.1) is 11.7 Å². The van der Waals surface area contributed by atoms with Crippen molar-refractivity contribution >= 4 is 16.7 Å². The Morgan fingerprint density at radius 1 is 1.15 bits per heavy atom. The summed E-state index contributed by atoms with van der Waals surface area (Å²) in [6.45, 7) is 6.01. The van der Waals surface area contributed by atoms with Crippen molar-refractivity contribution in [3.05, 3.63) is 41.5 Å². The maximum absolute atomic E-state index is 14.1. The second kappa shape index (κ2) is 10.4. The monoisotopic (exact) mass is 459 g/mol. The van der Waals surface area contributed by atoms with Crippen LogP contribution in [0.3, 0.4) is 0 Å². The Kier molecular flexibility index (Phi) is 7.52. The van der Waals surface area contributed by atoms with Gasteiger partial charge in [0.25, 0.3) is 6.43 Å². The van der Waals surface area contributed by atoms with E-state index >= 15 is 0 Å². The van der Waals surface area contributed by atoms with Crippen molar-refractivity contribution in [3.63, 3.8) is 0 Å². The molecule has 1 unspecified atom stereocenters. The fraction of sp³-hybridized carbons (Fsp3) is 0.593. The lowest BCUT2D eigenvalue weighted by molar-refractivity contribution is -0.138. The molecule has 4 rings (SSSR count). The Labute approximate surface area is 194 Å². The van der Waals surface area contributed by atoms with Gasteiger partial charge in [-0.15, -0.1) is 0 Å². The van der Waals surface area contributed by atoms with Crippen molar-refractivity contribution in [2.75, 3.05) is 13.1 Å². The molecule has 2 aromatic rings. The van der Waals surface area contributed by atoms with E-state index in [1.807, 2.05) is 18.2 Å². The number of rotatable bonds is 7. The van der Waals surface area contributed by atoms with Crippen LogP contribution in [0.2, 0.25) is 0 Å². The molecule has 180 valence electrons. The number of carboxylic acid groups (broad SMARTS) is 1. The Morgan fingerprint density at radius 2 is 1.91 bits per heavy atom. The van der Waals surface area contributed by atoms with Gasteiger partial charge < -0.3 is 9.84 Å².